The standard InChI is InChI=1S/C31H37N3O3/c1-4-24(35)13-9-6-10-14-28(31-32-20-29(34-31)22-11-7-5-8-12-22)33-30(36)19-26-21(2)17-23-15-16-25(37-3)18-27(23)26/h5,7-8,11-12,15-16,18,20,28H,4,6,9-10,13-14,17,19H2,1-3H3,(H,32,34)(H,33,36)/t28-/m0/s1. The lowest BCUT2D eigenvalue weighted by atomic mass is 10.0. The quantitative estimate of drug-likeness (QED) is 0.260. The van der Waals surface area contributed by atoms with Gasteiger partial charge in [0.05, 0.1) is 31.5 Å². The molecule has 1 atom stereocenters. The molecule has 0 bridgehead atoms. The van der Waals surface area contributed by atoms with E-state index in [0.29, 0.717) is 25.0 Å². The Kier molecular flexibility index (Phi) is 8.94. The fourth-order valence-electron chi connectivity index (χ4n) is 4.97. The molecule has 0 saturated heterocycles. The number of carbonyl (C=O) groups is 2. The number of methoxy groups -OCH3 is 1. The second-order valence-electron chi connectivity index (χ2n) is 9.80. The zero-order valence-electron chi connectivity index (χ0n) is 22.1. The van der Waals surface area contributed by atoms with Crippen LogP contribution in [0.3, 0.4) is 0 Å². The molecule has 6 heteroatoms. The molecule has 4 rings (SSSR count). The Bertz CT molecular complexity index is 1260. The number of H-pyrrole nitrogens is 1. The van der Waals surface area contributed by atoms with Crippen LogP contribution in [0.15, 0.2) is 60.3 Å². The Morgan fingerprint density at radius 1 is 1.11 bits per heavy atom. The van der Waals surface area contributed by atoms with E-state index < -0.39 is 0 Å². The Balaban J connectivity index is 1.46. The number of aromatic nitrogens is 2. The molecule has 1 heterocycles. The minimum Gasteiger partial charge on any atom is -0.497 e. The Morgan fingerprint density at radius 2 is 1.92 bits per heavy atom. The van der Waals surface area contributed by atoms with Crippen LogP contribution in [0.4, 0.5) is 0 Å². The van der Waals surface area contributed by atoms with Gasteiger partial charge in [0.2, 0.25) is 5.91 Å². The van der Waals surface area contributed by atoms with E-state index in [0.717, 1.165) is 66.1 Å². The van der Waals surface area contributed by atoms with E-state index in [1.54, 1.807) is 7.11 Å². The van der Waals surface area contributed by atoms with Gasteiger partial charge in [0.1, 0.15) is 17.4 Å². The molecule has 1 amide bonds. The van der Waals surface area contributed by atoms with Gasteiger partial charge in [-0.05, 0) is 60.6 Å². The third-order valence-corrected chi connectivity index (χ3v) is 7.14. The summed E-state index contributed by atoms with van der Waals surface area (Å²) in [5, 5.41) is 3.25. The number of rotatable bonds is 13. The third kappa shape index (κ3) is 6.76. The smallest absolute Gasteiger partial charge is 0.225 e. The van der Waals surface area contributed by atoms with Crippen molar-refractivity contribution >= 4 is 17.3 Å². The fourth-order valence-corrected chi connectivity index (χ4v) is 4.97. The topological polar surface area (TPSA) is 84.1 Å². The number of hydrogen-bond acceptors (Lipinski definition) is 4. The summed E-state index contributed by atoms with van der Waals surface area (Å²) in [6.07, 6.45) is 7.73. The number of unbranched alkanes of at least 4 members (excludes halogenated alkanes) is 2. The summed E-state index contributed by atoms with van der Waals surface area (Å²) < 4.78 is 5.42. The predicted molar refractivity (Wildman–Crippen MR) is 147 cm³/mol. The number of nitrogens with zero attached hydrogens (tertiary/aromatic N) is 1. The molecule has 1 aliphatic carbocycles. The van der Waals surface area contributed by atoms with Crippen molar-refractivity contribution in [2.75, 3.05) is 7.11 Å². The van der Waals surface area contributed by atoms with E-state index >= 15 is 0 Å². The summed E-state index contributed by atoms with van der Waals surface area (Å²) in [5.41, 5.74) is 6.62. The molecule has 6 nitrogen and oxygen atoms in total. The molecule has 0 aliphatic heterocycles. The van der Waals surface area contributed by atoms with Crippen LogP contribution in [0.5, 0.6) is 5.75 Å². The van der Waals surface area contributed by atoms with Gasteiger partial charge in [0.25, 0.3) is 0 Å². The highest BCUT2D eigenvalue weighted by Gasteiger charge is 2.24. The van der Waals surface area contributed by atoms with Crippen molar-refractivity contribution in [2.24, 2.45) is 0 Å². The van der Waals surface area contributed by atoms with Crippen molar-refractivity contribution in [1.29, 1.82) is 0 Å². The summed E-state index contributed by atoms with van der Waals surface area (Å²) in [5.74, 6) is 1.85. The SMILES string of the molecule is CCC(=O)CCCCC[C@H](NC(=O)CC1=C(C)Cc2ccc(OC)cc21)c1ncc(-c2ccccc2)[nH]1. The van der Waals surface area contributed by atoms with E-state index in [9.17, 15) is 9.59 Å². The lowest BCUT2D eigenvalue weighted by Crippen LogP contribution is -2.29. The molecule has 0 spiro atoms. The monoisotopic (exact) mass is 499 g/mol. The van der Waals surface area contributed by atoms with Gasteiger partial charge in [-0.3, -0.25) is 9.59 Å². The van der Waals surface area contributed by atoms with Crippen LogP contribution in [-0.2, 0) is 16.0 Å². The highest BCUT2D eigenvalue weighted by atomic mass is 16.5. The molecule has 37 heavy (non-hydrogen) atoms. The van der Waals surface area contributed by atoms with Gasteiger partial charge < -0.3 is 15.0 Å². The number of hydrogen-bond donors (Lipinski definition) is 2. The van der Waals surface area contributed by atoms with Gasteiger partial charge in [0.15, 0.2) is 0 Å². The molecule has 0 radical (unpaired) electrons. The van der Waals surface area contributed by atoms with Crippen LogP contribution in [0.1, 0.15) is 81.8 Å². The molecule has 194 valence electrons. The minimum absolute atomic E-state index is 0.0196. The zero-order valence-corrected chi connectivity index (χ0v) is 22.1. The van der Waals surface area contributed by atoms with E-state index in [2.05, 4.69) is 28.3 Å². The zero-order chi connectivity index (χ0) is 26.2. The minimum atomic E-state index is -0.223. The van der Waals surface area contributed by atoms with Gasteiger partial charge in [-0.1, -0.05) is 61.7 Å². The first-order chi connectivity index (χ1) is 18.0. The third-order valence-electron chi connectivity index (χ3n) is 7.14. The summed E-state index contributed by atoms with van der Waals surface area (Å²) in [4.78, 5) is 33.0. The fraction of sp³-hybridized carbons (Fsp3) is 0.387. The Morgan fingerprint density at radius 3 is 2.68 bits per heavy atom. The van der Waals surface area contributed by atoms with Gasteiger partial charge in [-0.2, -0.15) is 0 Å². The lowest BCUT2D eigenvalue weighted by Gasteiger charge is -2.18. The number of imidazole rings is 1. The van der Waals surface area contributed by atoms with Crippen LogP contribution in [0, 0.1) is 0 Å². The average molecular weight is 500 g/mol. The normalized spacial score (nSPS) is 13.4. The summed E-state index contributed by atoms with van der Waals surface area (Å²) >= 11 is 0. The van der Waals surface area contributed by atoms with Crippen molar-refractivity contribution < 1.29 is 14.3 Å². The maximum absolute atomic E-state index is 13.3. The number of nitrogens with one attached hydrogen (secondary N) is 2. The first-order valence-corrected chi connectivity index (χ1v) is 13.3. The number of benzene rings is 2. The highest BCUT2D eigenvalue weighted by Crippen LogP contribution is 2.37. The molecule has 0 unspecified atom stereocenters. The van der Waals surface area contributed by atoms with Crippen LogP contribution < -0.4 is 10.1 Å². The van der Waals surface area contributed by atoms with E-state index in [-0.39, 0.29) is 11.9 Å². The van der Waals surface area contributed by atoms with Crippen LogP contribution in [-0.4, -0.2) is 28.8 Å². The van der Waals surface area contributed by atoms with E-state index in [1.165, 1.54) is 11.1 Å². The van der Waals surface area contributed by atoms with Crippen molar-refractivity contribution in [3.8, 4) is 17.0 Å². The molecule has 2 aromatic carbocycles. The van der Waals surface area contributed by atoms with Crippen molar-refractivity contribution in [2.45, 2.75) is 71.3 Å². The maximum atomic E-state index is 13.3. The van der Waals surface area contributed by atoms with Crippen molar-refractivity contribution in [3.05, 3.63) is 77.3 Å². The number of amides is 1. The second kappa shape index (κ2) is 12.5. The summed E-state index contributed by atoms with van der Waals surface area (Å²) in [6, 6.07) is 15.9. The molecule has 1 aliphatic rings. The van der Waals surface area contributed by atoms with E-state index in [4.69, 9.17) is 4.74 Å². The molecule has 3 aromatic rings. The predicted octanol–water partition coefficient (Wildman–Crippen LogP) is 6.59. The number of ether oxygens (including phenoxy) is 1. The largest absolute Gasteiger partial charge is 0.497 e. The van der Waals surface area contributed by atoms with Crippen LogP contribution in [0.2, 0.25) is 0 Å². The number of fused-ring (bicyclic) bond motifs is 1. The molecular weight excluding hydrogens is 462 g/mol. The van der Waals surface area contributed by atoms with Gasteiger partial charge in [-0.25, -0.2) is 4.98 Å². The maximum Gasteiger partial charge on any atom is 0.225 e. The Labute approximate surface area is 219 Å². The van der Waals surface area contributed by atoms with Crippen LogP contribution in [0.25, 0.3) is 16.8 Å². The van der Waals surface area contributed by atoms with Gasteiger partial charge >= 0.3 is 0 Å². The lowest BCUT2D eigenvalue weighted by molar-refractivity contribution is -0.121. The number of allylic oxidation sites excluding steroid dienone is 1. The molecular formula is C31H37N3O3. The first kappa shape index (κ1) is 26.4. The first-order valence-electron chi connectivity index (χ1n) is 13.3. The second-order valence-corrected chi connectivity index (χ2v) is 9.80. The molecule has 2 N–H and O–H groups in total. The molecule has 1 aromatic heterocycles. The van der Waals surface area contributed by atoms with Crippen molar-refractivity contribution in [1.82, 2.24) is 15.3 Å². The Hall–Kier alpha value is -3.67. The number of Topliss-reactive ketones (excluding diaryl/α,β-unsaturated/α-hetero) is 1. The average Bonchev–Trinajstić information content (AvgIpc) is 3.53. The van der Waals surface area contributed by atoms with E-state index in [1.807, 2.05) is 55.6 Å². The molecule has 0 saturated carbocycles. The number of aromatic amines is 1. The summed E-state index contributed by atoms with van der Waals surface area (Å²) in [7, 11) is 1.66. The van der Waals surface area contributed by atoms with Crippen molar-refractivity contribution in [3.63, 3.8) is 0 Å². The number of ketones is 1. The van der Waals surface area contributed by atoms with Gasteiger partial charge in [0, 0.05) is 12.8 Å². The molecule has 0 fully saturated rings. The van der Waals surface area contributed by atoms with Gasteiger partial charge in [-0.15, -0.1) is 0 Å². The number of carbonyl (C=O) groups excluding carboxylic acids is 2. The summed E-state index contributed by atoms with van der Waals surface area (Å²) in [6.45, 7) is 4.01. The highest BCUT2D eigenvalue weighted by molar-refractivity contribution is 5.92. The van der Waals surface area contributed by atoms with Crippen LogP contribution >= 0.6 is 0 Å².